The molecule has 3 saturated heterocycles. The van der Waals surface area contributed by atoms with Crippen LogP contribution in [0.4, 0.5) is 15.4 Å². The van der Waals surface area contributed by atoms with Gasteiger partial charge in [-0.3, -0.25) is 4.79 Å². The summed E-state index contributed by atoms with van der Waals surface area (Å²) in [5.41, 5.74) is 5.32. The highest BCUT2D eigenvalue weighted by Gasteiger charge is 2.42. The molecule has 11 nitrogen and oxygen atoms in total. The predicted molar refractivity (Wildman–Crippen MR) is 122 cm³/mol. The van der Waals surface area contributed by atoms with E-state index in [0.29, 0.717) is 37.7 Å². The number of nitrogens with one attached hydrogen (secondary N) is 1. The van der Waals surface area contributed by atoms with Gasteiger partial charge >= 0.3 is 12.2 Å². The first-order valence-electron chi connectivity index (χ1n) is 11.2. The van der Waals surface area contributed by atoms with Crippen molar-refractivity contribution in [3.8, 4) is 5.75 Å². The van der Waals surface area contributed by atoms with Gasteiger partial charge in [0.25, 0.3) is 5.91 Å². The van der Waals surface area contributed by atoms with Crippen LogP contribution in [0.3, 0.4) is 0 Å². The highest BCUT2D eigenvalue weighted by molar-refractivity contribution is 6.03. The zero-order valence-electron chi connectivity index (χ0n) is 19.2. The molecule has 3 fully saturated rings. The molecule has 2 atom stereocenters. The number of benzene rings is 1. The summed E-state index contributed by atoms with van der Waals surface area (Å²) < 4.78 is 16.8. The minimum Gasteiger partial charge on any atom is -0.486 e. The quantitative estimate of drug-likeness (QED) is 0.690. The van der Waals surface area contributed by atoms with Gasteiger partial charge in [0.2, 0.25) is 0 Å². The number of rotatable bonds is 4. The Hall–Kier alpha value is -3.76. The van der Waals surface area contributed by atoms with Crippen LogP contribution >= 0.6 is 0 Å². The molecular formula is C23H27N5O6. The van der Waals surface area contributed by atoms with Gasteiger partial charge in [-0.15, -0.1) is 0 Å². The minimum atomic E-state index is -0.606. The van der Waals surface area contributed by atoms with Crippen LogP contribution in [-0.2, 0) is 9.47 Å². The maximum atomic E-state index is 12.2. The Morgan fingerprint density at radius 3 is 2.65 bits per heavy atom. The van der Waals surface area contributed by atoms with Crippen LogP contribution in [0.2, 0.25) is 0 Å². The fourth-order valence-electron chi connectivity index (χ4n) is 4.42. The number of pyridine rings is 1. The second kappa shape index (κ2) is 7.93. The van der Waals surface area contributed by atoms with E-state index in [1.54, 1.807) is 29.3 Å². The Labute approximate surface area is 196 Å². The highest BCUT2D eigenvalue weighted by atomic mass is 16.6. The van der Waals surface area contributed by atoms with Crippen molar-refractivity contribution < 1.29 is 28.6 Å². The number of primary amides is 1. The van der Waals surface area contributed by atoms with Gasteiger partial charge in [0.15, 0.2) is 0 Å². The Morgan fingerprint density at radius 2 is 1.97 bits per heavy atom. The van der Waals surface area contributed by atoms with E-state index in [4.69, 9.17) is 19.9 Å². The second-order valence-electron chi connectivity index (χ2n) is 9.79. The Bertz CT molecular complexity index is 1160. The Kier molecular flexibility index (Phi) is 5.14. The van der Waals surface area contributed by atoms with Crippen LogP contribution in [0.1, 0.15) is 31.1 Å². The molecule has 0 aliphatic carbocycles. The lowest BCUT2D eigenvalue weighted by Crippen LogP contribution is -2.57. The lowest BCUT2D eigenvalue weighted by Gasteiger charge is -2.39. The van der Waals surface area contributed by atoms with Gasteiger partial charge in [-0.25, -0.2) is 14.6 Å². The number of likely N-dealkylation sites (tertiary alicyclic amines) is 1. The number of hydrogen-bond acceptors (Lipinski definition) is 8. The molecule has 3 aliphatic rings. The van der Waals surface area contributed by atoms with E-state index >= 15 is 0 Å². The Morgan fingerprint density at radius 1 is 1.21 bits per heavy atom. The lowest BCUT2D eigenvalue weighted by atomic mass is 10.1. The van der Waals surface area contributed by atoms with Gasteiger partial charge in [-0.05, 0) is 44.4 Å². The third-order valence-corrected chi connectivity index (χ3v) is 6.03. The number of nitrogens with zero attached hydrogens (tertiary/aromatic N) is 3. The molecule has 3 amide bonds. The van der Waals surface area contributed by atoms with Gasteiger partial charge in [0, 0.05) is 18.1 Å². The van der Waals surface area contributed by atoms with Crippen molar-refractivity contribution in [3.05, 3.63) is 30.0 Å². The van der Waals surface area contributed by atoms with E-state index in [2.05, 4.69) is 10.3 Å². The highest BCUT2D eigenvalue weighted by Crippen LogP contribution is 2.35. The number of nitrogens with two attached hydrogens (primary N) is 1. The molecule has 0 bridgehead atoms. The van der Waals surface area contributed by atoms with Gasteiger partial charge in [-0.1, -0.05) is 0 Å². The SMILES string of the molecule is CC(C)(C)OC(=O)N1CC(Oc2cc3c(N4CC5NC(=O)OC5C4)nccc3cc2C(N)=O)C1. The lowest BCUT2D eigenvalue weighted by molar-refractivity contribution is -0.0222. The van der Waals surface area contributed by atoms with Gasteiger partial charge in [0.05, 0.1) is 31.2 Å². The van der Waals surface area contributed by atoms with Crippen LogP contribution in [0.25, 0.3) is 10.8 Å². The maximum absolute atomic E-state index is 12.2. The normalized spacial score (nSPS) is 22.1. The zero-order chi connectivity index (χ0) is 24.2. The molecule has 2 unspecified atom stereocenters. The monoisotopic (exact) mass is 469 g/mol. The molecule has 0 saturated carbocycles. The number of ether oxygens (including phenoxy) is 3. The first kappa shape index (κ1) is 22.1. The third-order valence-electron chi connectivity index (χ3n) is 6.03. The van der Waals surface area contributed by atoms with Crippen molar-refractivity contribution in [3.63, 3.8) is 0 Å². The molecule has 3 aliphatic heterocycles. The summed E-state index contributed by atoms with van der Waals surface area (Å²) >= 11 is 0. The van der Waals surface area contributed by atoms with Gasteiger partial charge in [0.1, 0.15) is 29.4 Å². The number of amides is 3. The van der Waals surface area contributed by atoms with Crippen molar-refractivity contribution in [1.82, 2.24) is 15.2 Å². The zero-order valence-corrected chi connectivity index (χ0v) is 19.2. The van der Waals surface area contributed by atoms with Gasteiger partial charge < -0.3 is 35.1 Å². The van der Waals surface area contributed by atoms with E-state index < -0.39 is 23.7 Å². The topological polar surface area (TPSA) is 136 Å². The largest absolute Gasteiger partial charge is 0.486 e. The minimum absolute atomic E-state index is 0.0982. The average Bonchev–Trinajstić information content (AvgIpc) is 3.25. The van der Waals surface area contributed by atoms with E-state index in [9.17, 15) is 14.4 Å². The molecule has 5 rings (SSSR count). The summed E-state index contributed by atoms with van der Waals surface area (Å²) in [5, 5.41) is 4.39. The maximum Gasteiger partial charge on any atom is 0.410 e. The fourth-order valence-corrected chi connectivity index (χ4v) is 4.42. The van der Waals surface area contributed by atoms with E-state index in [0.717, 1.165) is 10.8 Å². The molecule has 0 spiro atoms. The smallest absolute Gasteiger partial charge is 0.410 e. The van der Waals surface area contributed by atoms with Crippen LogP contribution in [0.5, 0.6) is 5.75 Å². The number of carbonyl (C=O) groups is 3. The second-order valence-corrected chi connectivity index (χ2v) is 9.79. The van der Waals surface area contributed by atoms with Crippen molar-refractivity contribution in [2.45, 2.75) is 44.6 Å². The van der Waals surface area contributed by atoms with Crippen LogP contribution < -0.4 is 20.7 Å². The first-order chi connectivity index (χ1) is 16.1. The third kappa shape index (κ3) is 4.13. The van der Waals surface area contributed by atoms with Crippen LogP contribution in [0.15, 0.2) is 24.4 Å². The van der Waals surface area contributed by atoms with E-state index in [-0.39, 0.29) is 23.8 Å². The number of hydrogen-bond donors (Lipinski definition) is 2. The van der Waals surface area contributed by atoms with Crippen molar-refractivity contribution in [1.29, 1.82) is 0 Å². The molecule has 180 valence electrons. The standard InChI is InChI=1S/C23H27N5O6/c1-23(2,3)34-22(31)28-8-13(9-28)32-17-7-14-12(6-15(17)19(24)29)4-5-25-20(14)27-10-16-18(11-27)33-21(30)26-16/h4-7,13,16,18H,8-11H2,1-3H3,(H2,24,29)(H,26,30). The molecule has 11 heteroatoms. The number of alkyl carbamates (subject to hydrolysis) is 1. The van der Waals surface area contributed by atoms with E-state index in [1.165, 1.54) is 0 Å². The Balaban J connectivity index is 1.37. The summed E-state index contributed by atoms with van der Waals surface area (Å²) in [5.74, 6) is 0.437. The summed E-state index contributed by atoms with van der Waals surface area (Å²) in [4.78, 5) is 44.0. The molecule has 2 aromatic rings. The average molecular weight is 469 g/mol. The number of anilines is 1. The fraction of sp³-hybridized carbons (Fsp3) is 0.478. The molecule has 1 aromatic heterocycles. The predicted octanol–water partition coefficient (Wildman–Crippen LogP) is 1.63. The molecule has 3 N–H and O–H groups in total. The van der Waals surface area contributed by atoms with Crippen molar-refractivity contribution in [2.75, 3.05) is 31.1 Å². The summed E-state index contributed by atoms with van der Waals surface area (Å²) in [6, 6.07) is 5.16. The molecule has 4 heterocycles. The van der Waals surface area contributed by atoms with Crippen LogP contribution in [-0.4, -0.2) is 78.0 Å². The summed E-state index contributed by atoms with van der Waals surface area (Å²) in [6.07, 6.45) is 0.336. The molecule has 0 radical (unpaired) electrons. The van der Waals surface area contributed by atoms with Crippen LogP contribution in [0, 0.1) is 0 Å². The summed E-state index contributed by atoms with van der Waals surface area (Å²) in [6.45, 7) is 7.19. The van der Waals surface area contributed by atoms with Crippen molar-refractivity contribution >= 4 is 34.7 Å². The summed E-state index contributed by atoms with van der Waals surface area (Å²) in [7, 11) is 0. The first-order valence-corrected chi connectivity index (χ1v) is 11.2. The van der Waals surface area contributed by atoms with Gasteiger partial charge in [-0.2, -0.15) is 0 Å². The number of aromatic nitrogens is 1. The molecular weight excluding hydrogens is 442 g/mol. The molecule has 34 heavy (non-hydrogen) atoms. The molecule has 1 aromatic carbocycles. The van der Waals surface area contributed by atoms with E-state index in [1.807, 2.05) is 25.7 Å². The number of fused-ring (bicyclic) bond motifs is 2. The number of carbonyl (C=O) groups excluding carboxylic acids is 3. The van der Waals surface area contributed by atoms with Crippen molar-refractivity contribution in [2.24, 2.45) is 5.73 Å².